The molecule has 1 aromatic rings. The number of rotatable bonds is 1. The Bertz CT molecular complexity index is 292. The molecule has 0 radical (unpaired) electrons. The first kappa shape index (κ1) is 8.27. The van der Waals surface area contributed by atoms with Crippen LogP contribution in [-0.2, 0) is 10.3 Å². The van der Waals surface area contributed by atoms with E-state index >= 15 is 0 Å². The van der Waals surface area contributed by atoms with E-state index in [9.17, 15) is 0 Å². The first-order chi connectivity index (χ1) is 5.71. The van der Waals surface area contributed by atoms with Gasteiger partial charge in [0.05, 0.1) is 12.2 Å². The van der Waals surface area contributed by atoms with Crippen molar-refractivity contribution in [2.24, 2.45) is 0 Å². The topological polar surface area (TPSA) is 9.23 Å². The molecule has 2 rings (SSSR count). The summed E-state index contributed by atoms with van der Waals surface area (Å²) in [5.41, 5.74) is 1.24. The van der Waals surface area contributed by atoms with Crippen molar-refractivity contribution in [3.63, 3.8) is 0 Å². The lowest BCUT2D eigenvalue weighted by Gasteiger charge is -2.39. The second kappa shape index (κ2) is 2.86. The zero-order valence-electron chi connectivity index (χ0n) is 7.01. The molecule has 0 aromatic heterocycles. The third-order valence-corrected chi connectivity index (χ3v) is 2.93. The third kappa shape index (κ3) is 1.29. The number of hydrogen-bond acceptors (Lipinski definition) is 1. The molecule has 1 aromatic carbocycles. The van der Waals surface area contributed by atoms with Crippen LogP contribution in [0.2, 0.25) is 0 Å². The molecule has 0 bridgehead atoms. The van der Waals surface area contributed by atoms with Crippen LogP contribution >= 0.6 is 15.9 Å². The number of halogens is 1. The molecule has 1 heterocycles. The smallest absolute Gasteiger partial charge is 0.0925 e. The zero-order valence-corrected chi connectivity index (χ0v) is 8.60. The molecule has 0 spiro atoms. The molecule has 0 aliphatic carbocycles. The molecule has 1 aliphatic rings. The van der Waals surface area contributed by atoms with Gasteiger partial charge in [-0.25, -0.2) is 0 Å². The number of benzene rings is 1. The minimum Gasteiger partial charge on any atom is -0.370 e. The van der Waals surface area contributed by atoms with Crippen LogP contribution in [0.4, 0.5) is 0 Å². The average Bonchev–Trinajstić information content (AvgIpc) is 2.00. The highest BCUT2D eigenvalue weighted by atomic mass is 79.9. The Hall–Kier alpha value is -0.340. The van der Waals surface area contributed by atoms with Gasteiger partial charge in [-0.3, -0.25) is 0 Å². The molecule has 0 saturated carbocycles. The van der Waals surface area contributed by atoms with Gasteiger partial charge in [-0.1, -0.05) is 28.1 Å². The largest absolute Gasteiger partial charge is 0.370 e. The number of hydrogen-bond donors (Lipinski definition) is 0. The Labute approximate surface area is 80.9 Å². The molecular weight excluding hydrogens is 216 g/mol. The molecule has 1 nitrogen and oxygen atoms in total. The van der Waals surface area contributed by atoms with Crippen LogP contribution in [0.3, 0.4) is 0 Å². The van der Waals surface area contributed by atoms with Gasteiger partial charge in [-0.05, 0) is 24.6 Å². The maximum absolute atomic E-state index is 5.54. The van der Waals surface area contributed by atoms with E-state index in [0.29, 0.717) is 0 Å². The second-order valence-electron chi connectivity index (χ2n) is 3.34. The van der Waals surface area contributed by atoms with Gasteiger partial charge in [0.15, 0.2) is 0 Å². The molecule has 64 valence electrons. The molecule has 1 unspecified atom stereocenters. The van der Waals surface area contributed by atoms with E-state index in [1.54, 1.807) is 0 Å². The summed E-state index contributed by atoms with van der Waals surface area (Å²) < 4.78 is 6.66. The minimum absolute atomic E-state index is 0.0240. The summed E-state index contributed by atoms with van der Waals surface area (Å²) in [7, 11) is 0. The summed E-state index contributed by atoms with van der Waals surface area (Å²) in [6.45, 7) is 3.03. The second-order valence-corrected chi connectivity index (χ2v) is 4.26. The Kier molecular flexibility index (Phi) is 1.97. The van der Waals surface area contributed by atoms with Crippen LogP contribution in [0.5, 0.6) is 0 Å². The lowest BCUT2D eigenvalue weighted by atomic mass is 9.89. The van der Waals surface area contributed by atoms with Crippen molar-refractivity contribution in [3.05, 3.63) is 34.3 Å². The van der Waals surface area contributed by atoms with Crippen molar-refractivity contribution in [3.8, 4) is 0 Å². The van der Waals surface area contributed by atoms with Crippen LogP contribution < -0.4 is 0 Å². The van der Waals surface area contributed by atoms with Gasteiger partial charge < -0.3 is 4.74 Å². The Balaban J connectivity index is 2.33. The van der Waals surface area contributed by atoms with Crippen molar-refractivity contribution in [2.45, 2.75) is 18.9 Å². The lowest BCUT2D eigenvalue weighted by Crippen LogP contribution is -2.37. The van der Waals surface area contributed by atoms with Gasteiger partial charge in [-0.15, -0.1) is 0 Å². The van der Waals surface area contributed by atoms with Crippen LogP contribution in [0.15, 0.2) is 28.7 Å². The molecule has 0 N–H and O–H groups in total. The summed E-state index contributed by atoms with van der Waals surface area (Å²) in [6, 6.07) is 8.32. The summed E-state index contributed by atoms with van der Waals surface area (Å²) in [5.74, 6) is 0. The molecule has 1 saturated heterocycles. The first-order valence-corrected chi connectivity index (χ1v) is 4.90. The fourth-order valence-electron chi connectivity index (χ4n) is 1.45. The maximum atomic E-state index is 5.54. The predicted molar refractivity (Wildman–Crippen MR) is 52.1 cm³/mol. The molecule has 1 aliphatic heterocycles. The normalized spacial score (nSPS) is 28.2. The van der Waals surface area contributed by atoms with Crippen molar-refractivity contribution in [2.75, 3.05) is 6.61 Å². The molecule has 1 atom stereocenters. The van der Waals surface area contributed by atoms with Crippen molar-refractivity contribution in [1.82, 2.24) is 0 Å². The summed E-state index contributed by atoms with van der Waals surface area (Å²) in [6.07, 6.45) is 1.13. The highest BCUT2D eigenvalue weighted by Gasteiger charge is 2.34. The molecular formula is C10H11BrO. The predicted octanol–water partition coefficient (Wildman–Crippen LogP) is 3.08. The van der Waals surface area contributed by atoms with Crippen molar-refractivity contribution in [1.29, 1.82) is 0 Å². The van der Waals surface area contributed by atoms with Crippen molar-refractivity contribution < 1.29 is 4.74 Å². The van der Waals surface area contributed by atoms with Gasteiger partial charge in [-0.2, -0.15) is 0 Å². The summed E-state index contributed by atoms with van der Waals surface area (Å²) in [4.78, 5) is 0. The van der Waals surface area contributed by atoms with E-state index in [4.69, 9.17) is 4.74 Å². The molecule has 12 heavy (non-hydrogen) atoms. The van der Waals surface area contributed by atoms with E-state index in [0.717, 1.165) is 17.5 Å². The van der Waals surface area contributed by atoms with Gasteiger partial charge in [0.2, 0.25) is 0 Å². The van der Waals surface area contributed by atoms with E-state index in [1.807, 2.05) is 12.1 Å². The standard InChI is InChI=1S/C10H11BrO/c1-10(5-6-12-10)8-3-2-4-9(11)7-8/h2-4,7H,5-6H2,1H3. The van der Waals surface area contributed by atoms with E-state index in [2.05, 4.69) is 35.0 Å². The Morgan fingerprint density at radius 2 is 2.25 bits per heavy atom. The van der Waals surface area contributed by atoms with Crippen LogP contribution in [0, 0.1) is 0 Å². The van der Waals surface area contributed by atoms with Gasteiger partial charge >= 0.3 is 0 Å². The molecule has 2 heteroatoms. The average molecular weight is 227 g/mol. The molecule has 1 fully saturated rings. The zero-order chi connectivity index (χ0) is 8.60. The van der Waals surface area contributed by atoms with Crippen LogP contribution in [0.1, 0.15) is 18.9 Å². The Morgan fingerprint density at radius 1 is 1.50 bits per heavy atom. The van der Waals surface area contributed by atoms with Crippen molar-refractivity contribution >= 4 is 15.9 Å². The fourth-order valence-corrected chi connectivity index (χ4v) is 1.85. The maximum Gasteiger partial charge on any atom is 0.0925 e. The summed E-state index contributed by atoms with van der Waals surface area (Å²) >= 11 is 3.45. The Morgan fingerprint density at radius 3 is 2.75 bits per heavy atom. The third-order valence-electron chi connectivity index (χ3n) is 2.44. The summed E-state index contributed by atoms with van der Waals surface area (Å²) in [5, 5.41) is 0. The highest BCUT2D eigenvalue weighted by Crippen LogP contribution is 2.37. The van der Waals surface area contributed by atoms with E-state index in [-0.39, 0.29) is 5.60 Å². The molecule has 0 amide bonds. The first-order valence-electron chi connectivity index (χ1n) is 4.11. The monoisotopic (exact) mass is 226 g/mol. The lowest BCUT2D eigenvalue weighted by molar-refractivity contribution is -0.140. The highest BCUT2D eigenvalue weighted by molar-refractivity contribution is 9.10. The minimum atomic E-state index is -0.0240. The van der Waals surface area contributed by atoms with Crippen LogP contribution in [-0.4, -0.2) is 6.61 Å². The quantitative estimate of drug-likeness (QED) is 0.716. The van der Waals surface area contributed by atoms with Gasteiger partial charge in [0, 0.05) is 10.9 Å². The van der Waals surface area contributed by atoms with E-state index < -0.39 is 0 Å². The van der Waals surface area contributed by atoms with Gasteiger partial charge in [0.1, 0.15) is 0 Å². The SMILES string of the molecule is CC1(c2cccc(Br)c2)CCO1. The fraction of sp³-hybridized carbons (Fsp3) is 0.400. The van der Waals surface area contributed by atoms with Crippen LogP contribution in [0.25, 0.3) is 0 Å². The van der Waals surface area contributed by atoms with Gasteiger partial charge in [0.25, 0.3) is 0 Å². The van der Waals surface area contributed by atoms with E-state index in [1.165, 1.54) is 5.56 Å². The number of ether oxygens (including phenoxy) is 1.